The van der Waals surface area contributed by atoms with Gasteiger partial charge in [-0.25, -0.2) is 0 Å². The first-order valence-electron chi connectivity index (χ1n) is 8.06. The van der Waals surface area contributed by atoms with E-state index in [0.29, 0.717) is 6.04 Å². The predicted molar refractivity (Wildman–Crippen MR) is 86.3 cm³/mol. The first-order chi connectivity index (χ1) is 8.95. The van der Waals surface area contributed by atoms with E-state index < -0.39 is 0 Å². The van der Waals surface area contributed by atoms with Gasteiger partial charge in [0, 0.05) is 18.3 Å². The Morgan fingerprint density at radius 2 is 1.42 bits per heavy atom. The zero-order valence-corrected chi connectivity index (χ0v) is 14.0. The molecule has 110 valence electrons. The quantitative estimate of drug-likeness (QED) is 0.588. The molecule has 1 heterocycles. The Labute approximate surface area is 120 Å². The molecule has 1 fully saturated rings. The number of nitrogens with zero attached hydrogens (tertiary/aromatic N) is 1. The van der Waals surface area contributed by atoms with Crippen LogP contribution in [0.1, 0.15) is 80.1 Å². The summed E-state index contributed by atoms with van der Waals surface area (Å²) in [6.07, 6.45) is 8.14. The summed E-state index contributed by atoms with van der Waals surface area (Å²) in [4.78, 5) is 2.64. The largest absolute Gasteiger partial charge is 0.369 e. The highest BCUT2D eigenvalue weighted by molar-refractivity contribution is 5.36. The maximum atomic E-state index is 2.64. The molecule has 0 unspecified atom stereocenters. The molecule has 1 nitrogen and oxygen atoms in total. The molecular weight excluding hydrogens is 230 g/mol. The van der Waals surface area contributed by atoms with E-state index in [1.807, 2.05) is 0 Å². The van der Waals surface area contributed by atoms with Crippen LogP contribution in [0.4, 0.5) is 0 Å². The van der Waals surface area contributed by atoms with Crippen LogP contribution in [0.3, 0.4) is 0 Å². The number of hydrogen-bond acceptors (Lipinski definition) is 1. The Balaban J connectivity index is 3.17. The third-order valence-electron chi connectivity index (χ3n) is 4.10. The van der Waals surface area contributed by atoms with Gasteiger partial charge < -0.3 is 4.90 Å². The average Bonchev–Trinajstić information content (AvgIpc) is 2.33. The lowest BCUT2D eigenvalue weighted by atomic mass is 9.94. The molecule has 0 saturated carbocycles. The summed E-state index contributed by atoms with van der Waals surface area (Å²) in [5.74, 6) is 0. The van der Waals surface area contributed by atoms with Gasteiger partial charge in [0.05, 0.1) is 0 Å². The first-order valence-corrected chi connectivity index (χ1v) is 8.06. The predicted octanol–water partition coefficient (Wildman–Crippen LogP) is 5.68. The fourth-order valence-electron chi connectivity index (χ4n) is 3.11. The maximum Gasteiger partial charge on any atom is 0.0386 e. The van der Waals surface area contributed by atoms with E-state index in [1.54, 1.807) is 5.57 Å². The number of rotatable bonds is 1. The molecule has 1 heteroatoms. The lowest BCUT2D eigenvalue weighted by molar-refractivity contribution is 0.273. The third-order valence-corrected chi connectivity index (χ3v) is 4.10. The molecule has 1 saturated heterocycles. The van der Waals surface area contributed by atoms with E-state index in [0.717, 1.165) is 0 Å². The van der Waals surface area contributed by atoms with Gasteiger partial charge in [0.25, 0.3) is 0 Å². The molecule has 0 bridgehead atoms. The summed E-state index contributed by atoms with van der Waals surface area (Å²) in [5.41, 5.74) is 6.13. The van der Waals surface area contributed by atoms with E-state index in [9.17, 15) is 0 Å². The highest BCUT2D eigenvalue weighted by atomic mass is 15.2. The molecule has 0 aliphatic carbocycles. The lowest BCUT2D eigenvalue weighted by Gasteiger charge is -2.35. The van der Waals surface area contributed by atoms with Crippen LogP contribution in [0.5, 0.6) is 0 Å². The maximum absolute atomic E-state index is 2.64. The minimum Gasteiger partial charge on any atom is -0.369 e. The van der Waals surface area contributed by atoms with Crippen molar-refractivity contribution in [1.82, 2.24) is 4.90 Å². The van der Waals surface area contributed by atoms with E-state index in [1.165, 1.54) is 61.9 Å². The highest BCUT2D eigenvalue weighted by Crippen LogP contribution is 2.30. The molecule has 19 heavy (non-hydrogen) atoms. The molecule has 0 aromatic heterocycles. The van der Waals surface area contributed by atoms with Crippen molar-refractivity contribution in [2.45, 2.75) is 86.1 Å². The Morgan fingerprint density at radius 3 is 1.95 bits per heavy atom. The monoisotopic (exact) mass is 263 g/mol. The molecular formula is C18H33N. The standard InChI is InChI=1S/C18H33N/c1-14(2)17-12-10-8-7-9-11-13-19(16(5)6)18(17)15(3)4/h16H,7-13H2,1-6H3. The summed E-state index contributed by atoms with van der Waals surface area (Å²) in [5, 5.41) is 0. The van der Waals surface area contributed by atoms with Gasteiger partial charge in [0.15, 0.2) is 0 Å². The normalized spacial score (nSPS) is 18.8. The van der Waals surface area contributed by atoms with Crippen molar-refractivity contribution < 1.29 is 0 Å². The SMILES string of the molecule is CC(C)=C1CCCCCCCN(C(C)C)C1=C(C)C. The molecule has 1 rings (SSSR count). The minimum atomic E-state index is 0.596. The Kier molecular flexibility index (Phi) is 6.68. The van der Waals surface area contributed by atoms with E-state index in [4.69, 9.17) is 0 Å². The molecule has 0 aromatic rings. The van der Waals surface area contributed by atoms with Crippen LogP contribution < -0.4 is 0 Å². The summed E-state index contributed by atoms with van der Waals surface area (Å²) in [6, 6.07) is 0.596. The van der Waals surface area contributed by atoms with Crippen molar-refractivity contribution in [3.63, 3.8) is 0 Å². The second-order valence-corrected chi connectivity index (χ2v) is 6.63. The molecule has 0 aromatic carbocycles. The molecule has 0 N–H and O–H groups in total. The van der Waals surface area contributed by atoms with Crippen molar-refractivity contribution in [3.05, 3.63) is 22.4 Å². The molecule has 1 aliphatic heterocycles. The van der Waals surface area contributed by atoms with Gasteiger partial charge >= 0.3 is 0 Å². The van der Waals surface area contributed by atoms with Gasteiger partial charge in [-0.1, -0.05) is 30.4 Å². The number of hydrogen-bond donors (Lipinski definition) is 0. The van der Waals surface area contributed by atoms with Crippen LogP contribution in [-0.4, -0.2) is 17.5 Å². The third kappa shape index (κ3) is 4.71. The Bertz CT molecular complexity index is 339. The fraction of sp³-hybridized carbons (Fsp3) is 0.778. The van der Waals surface area contributed by atoms with E-state index in [2.05, 4.69) is 46.4 Å². The average molecular weight is 263 g/mol. The van der Waals surface area contributed by atoms with Crippen LogP contribution >= 0.6 is 0 Å². The summed E-state index contributed by atoms with van der Waals surface area (Å²) < 4.78 is 0. The van der Waals surface area contributed by atoms with Crippen molar-refractivity contribution in [2.75, 3.05) is 6.54 Å². The second-order valence-electron chi connectivity index (χ2n) is 6.63. The van der Waals surface area contributed by atoms with E-state index in [-0.39, 0.29) is 0 Å². The van der Waals surface area contributed by atoms with Crippen molar-refractivity contribution in [2.24, 2.45) is 0 Å². The van der Waals surface area contributed by atoms with Gasteiger partial charge in [-0.05, 0) is 66.4 Å². The van der Waals surface area contributed by atoms with Crippen LogP contribution in [-0.2, 0) is 0 Å². The molecule has 0 amide bonds. The van der Waals surface area contributed by atoms with Gasteiger partial charge in [-0.2, -0.15) is 0 Å². The summed E-state index contributed by atoms with van der Waals surface area (Å²) in [6.45, 7) is 15.0. The Hall–Kier alpha value is -0.720. The van der Waals surface area contributed by atoms with Crippen molar-refractivity contribution >= 4 is 0 Å². The first kappa shape index (κ1) is 16.3. The topological polar surface area (TPSA) is 3.24 Å². The van der Waals surface area contributed by atoms with Crippen molar-refractivity contribution in [3.8, 4) is 0 Å². The fourth-order valence-corrected chi connectivity index (χ4v) is 3.11. The minimum absolute atomic E-state index is 0.596. The van der Waals surface area contributed by atoms with Gasteiger partial charge in [0.2, 0.25) is 0 Å². The number of allylic oxidation sites excluding steroid dienone is 3. The molecule has 1 aliphatic rings. The zero-order valence-electron chi connectivity index (χ0n) is 14.0. The lowest BCUT2D eigenvalue weighted by Crippen LogP contribution is -2.33. The zero-order chi connectivity index (χ0) is 14.4. The van der Waals surface area contributed by atoms with E-state index >= 15 is 0 Å². The smallest absolute Gasteiger partial charge is 0.0386 e. The van der Waals surface area contributed by atoms with Gasteiger partial charge in [0.1, 0.15) is 0 Å². The summed E-state index contributed by atoms with van der Waals surface area (Å²) in [7, 11) is 0. The highest BCUT2D eigenvalue weighted by Gasteiger charge is 2.19. The van der Waals surface area contributed by atoms with Crippen LogP contribution in [0, 0.1) is 0 Å². The van der Waals surface area contributed by atoms with Gasteiger partial charge in [-0.15, -0.1) is 0 Å². The van der Waals surface area contributed by atoms with Crippen molar-refractivity contribution in [1.29, 1.82) is 0 Å². The molecule has 0 atom stereocenters. The molecule has 0 spiro atoms. The summed E-state index contributed by atoms with van der Waals surface area (Å²) >= 11 is 0. The Morgan fingerprint density at radius 1 is 0.842 bits per heavy atom. The van der Waals surface area contributed by atoms with Crippen LogP contribution in [0.15, 0.2) is 22.4 Å². The van der Waals surface area contributed by atoms with Crippen LogP contribution in [0.25, 0.3) is 0 Å². The van der Waals surface area contributed by atoms with Crippen LogP contribution in [0.2, 0.25) is 0 Å². The second kappa shape index (κ2) is 7.77. The molecule has 0 radical (unpaired) electrons. The van der Waals surface area contributed by atoms with Gasteiger partial charge in [-0.3, -0.25) is 0 Å².